The highest BCUT2D eigenvalue weighted by atomic mass is 16.5. The standard InChI is InChI=1S/C29H33N7O3/c1-7-27(37)31-21-17-22(26(39-6)18-24(21)35(4)15-14-34(2)3)33-29-30-13-12-20(32-29)28(38)25-16-19-10-8-9-11-23(19)36(25)5/h7-13,16-18H,1,14-15H2,2-6H3,(H,31,37)(H,30,32,33). The summed E-state index contributed by atoms with van der Waals surface area (Å²) in [5, 5.41) is 7.00. The first-order valence-corrected chi connectivity index (χ1v) is 12.4. The molecule has 0 radical (unpaired) electrons. The van der Waals surface area contributed by atoms with Gasteiger partial charge in [0.15, 0.2) is 0 Å². The van der Waals surface area contributed by atoms with Crippen molar-refractivity contribution < 1.29 is 14.3 Å². The molecule has 202 valence electrons. The smallest absolute Gasteiger partial charge is 0.247 e. The van der Waals surface area contributed by atoms with Crippen molar-refractivity contribution in [1.82, 2.24) is 19.4 Å². The number of fused-ring (bicyclic) bond motifs is 1. The third-order valence-electron chi connectivity index (χ3n) is 6.37. The van der Waals surface area contributed by atoms with Gasteiger partial charge in [0.25, 0.3) is 0 Å². The molecule has 2 aromatic carbocycles. The lowest BCUT2D eigenvalue weighted by Crippen LogP contribution is -2.29. The highest BCUT2D eigenvalue weighted by Gasteiger charge is 2.19. The van der Waals surface area contributed by atoms with Crippen LogP contribution in [-0.2, 0) is 11.8 Å². The summed E-state index contributed by atoms with van der Waals surface area (Å²) in [7, 11) is 9.37. The van der Waals surface area contributed by atoms with Crippen LogP contribution < -0.4 is 20.3 Å². The van der Waals surface area contributed by atoms with Crippen LogP contribution in [0.15, 0.2) is 67.4 Å². The first-order valence-electron chi connectivity index (χ1n) is 12.4. The molecule has 2 aromatic heterocycles. The van der Waals surface area contributed by atoms with Gasteiger partial charge in [0.1, 0.15) is 11.4 Å². The van der Waals surface area contributed by atoms with Gasteiger partial charge in [0, 0.05) is 50.4 Å². The van der Waals surface area contributed by atoms with Crippen LogP contribution in [0.5, 0.6) is 5.75 Å². The van der Waals surface area contributed by atoms with Crippen molar-refractivity contribution in [3.63, 3.8) is 0 Å². The fourth-order valence-electron chi connectivity index (χ4n) is 4.21. The monoisotopic (exact) mass is 527 g/mol. The number of carbonyl (C=O) groups is 2. The van der Waals surface area contributed by atoms with Crippen LogP contribution in [-0.4, -0.2) is 72.5 Å². The average Bonchev–Trinajstić information content (AvgIpc) is 3.27. The summed E-state index contributed by atoms with van der Waals surface area (Å²) in [5.74, 6) is 0.176. The van der Waals surface area contributed by atoms with Gasteiger partial charge in [-0.1, -0.05) is 24.8 Å². The van der Waals surface area contributed by atoms with Gasteiger partial charge in [-0.15, -0.1) is 0 Å². The van der Waals surface area contributed by atoms with Gasteiger partial charge in [-0.3, -0.25) is 9.59 Å². The molecule has 0 atom stereocenters. The van der Waals surface area contributed by atoms with E-state index in [9.17, 15) is 9.59 Å². The second-order valence-electron chi connectivity index (χ2n) is 9.35. The molecule has 4 aromatic rings. The fraction of sp³-hybridized carbons (Fsp3) is 0.241. The number of likely N-dealkylation sites (N-methyl/N-ethyl adjacent to an activating group) is 2. The van der Waals surface area contributed by atoms with Crippen LogP contribution >= 0.6 is 0 Å². The highest BCUT2D eigenvalue weighted by Crippen LogP contribution is 2.38. The number of ether oxygens (including phenoxy) is 1. The number of hydrogen-bond acceptors (Lipinski definition) is 8. The molecule has 0 unspecified atom stereocenters. The van der Waals surface area contributed by atoms with E-state index in [1.165, 1.54) is 12.3 Å². The Hall–Kier alpha value is -4.70. The summed E-state index contributed by atoms with van der Waals surface area (Å²) in [6.45, 7) is 5.10. The number of aryl methyl sites for hydroxylation is 1. The zero-order chi connectivity index (χ0) is 28.1. The maximum absolute atomic E-state index is 13.4. The molecule has 0 fully saturated rings. The Kier molecular flexibility index (Phi) is 8.26. The number of carbonyl (C=O) groups excluding carboxylic acids is 2. The van der Waals surface area contributed by atoms with Gasteiger partial charge >= 0.3 is 0 Å². The van der Waals surface area contributed by atoms with Crippen LogP contribution in [0.2, 0.25) is 0 Å². The molecule has 2 heterocycles. The van der Waals surface area contributed by atoms with E-state index in [1.54, 1.807) is 19.2 Å². The zero-order valence-corrected chi connectivity index (χ0v) is 22.9. The van der Waals surface area contributed by atoms with Gasteiger partial charge in [0.05, 0.1) is 29.9 Å². The number of aromatic nitrogens is 3. The Morgan fingerprint density at radius 1 is 1.08 bits per heavy atom. The summed E-state index contributed by atoms with van der Waals surface area (Å²) in [6, 6.07) is 14.8. The van der Waals surface area contributed by atoms with Gasteiger partial charge in [-0.2, -0.15) is 0 Å². The largest absolute Gasteiger partial charge is 0.494 e. The molecule has 10 nitrogen and oxygen atoms in total. The van der Waals surface area contributed by atoms with E-state index in [-0.39, 0.29) is 23.3 Å². The summed E-state index contributed by atoms with van der Waals surface area (Å²) in [4.78, 5) is 38.5. The van der Waals surface area contributed by atoms with Crippen LogP contribution in [0.1, 0.15) is 16.2 Å². The average molecular weight is 528 g/mol. The van der Waals surface area contributed by atoms with Crippen molar-refractivity contribution in [2.24, 2.45) is 7.05 Å². The SMILES string of the molecule is C=CC(=O)Nc1cc(Nc2nccc(C(=O)c3cc4ccccc4n3C)n2)c(OC)cc1N(C)CCN(C)C. The molecule has 0 aliphatic carbocycles. The molecule has 0 saturated heterocycles. The number of nitrogens with zero attached hydrogens (tertiary/aromatic N) is 5. The minimum Gasteiger partial charge on any atom is -0.494 e. The molecule has 39 heavy (non-hydrogen) atoms. The molecule has 0 aliphatic rings. The molecule has 0 spiro atoms. The van der Waals surface area contributed by atoms with Crippen molar-refractivity contribution in [3.05, 3.63) is 78.8 Å². The Morgan fingerprint density at radius 3 is 2.54 bits per heavy atom. The van der Waals surface area contributed by atoms with Crippen molar-refractivity contribution in [3.8, 4) is 5.75 Å². The molecule has 4 rings (SSSR count). The van der Waals surface area contributed by atoms with E-state index in [1.807, 2.05) is 74.1 Å². The highest BCUT2D eigenvalue weighted by molar-refractivity contribution is 6.09. The lowest BCUT2D eigenvalue weighted by atomic mass is 10.2. The van der Waals surface area contributed by atoms with E-state index in [0.717, 1.165) is 29.7 Å². The van der Waals surface area contributed by atoms with Gasteiger partial charge in [-0.05, 0) is 44.4 Å². The minimum absolute atomic E-state index is 0.215. The Morgan fingerprint density at radius 2 is 1.85 bits per heavy atom. The molecule has 0 bridgehead atoms. The van der Waals surface area contributed by atoms with E-state index in [4.69, 9.17) is 4.74 Å². The number of benzene rings is 2. The summed E-state index contributed by atoms with van der Waals surface area (Å²) < 4.78 is 7.52. The Balaban J connectivity index is 1.67. The Bertz CT molecular complexity index is 1530. The maximum Gasteiger partial charge on any atom is 0.247 e. The van der Waals surface area contributed by atoms with Gasteiger partial charge < -0.3 is 29.7 Å². The van der Waals surface area contributed by atoms with Crippen LogP contribution in [0, 0.1) is 0 Å². The minimum atomic E-state index is -0.341. The number of hydrogen-bond donors (Lipinski definition) is 2. The molecule has 0 saturated carbocycles. The third-order valence-corrected chi connectivity index (χ3v) is 6.37. The van der Waals surface area contributed by atoms with E-state index in [0.29, 0.717) is 22.8 Å². The topological polar surface area (TPSA) is 105 Å². The molecular formula is C29H33N7O3. The van der Waals surface area contributed by atoms with Crippen molar-refractivity contribution in [2.45, 2.75) is 0 Å². The number of methoxy groups -OCH3 is 1. The third kappa shape index (κ3) is 6.07. The van der Waals surface area contributed by atoms with Crippen LogP contribution in [0.25, 0.3) is 10.9 Å². The van der Waals surface area contributed by atoms with E-state index >= 15 is 0 Å². The second-order valence-corrected chi connectivity index (χ2v) is 9.35. The number of amides is 1. The van der Waals surface area contributed by atoms with Crippen molar-refractivity contribution in [1.29, 1.82) is 0 Å². The van der Waals surface area contributed by atoms with Crippen LogP contribution in [0.4, 0.5) is 23.0 Å². The summed E-state index contributed by atoms with van der Waals surface area (Å²) >= 11 is 0. The van der Waals surface area contributed by atoms with E-state index in [2.05, 4.69) is 32.1 Å². The van der Waals surface area contributed by atoms with Crippen molar-refractivity contribution in [2.75, 3.05) is 56.9 Å². The second kappa shape index (κ2) is 11.8. The molecule has 2 N–H and O–H groups in total. The van der Waals surface area contributed by atoms with Gasteiger partial charge in [0.2, 0.25) is 17.6 Å². The number of rotatable bonds is 11. The Labute approximate surface area is 227 Å². The first-order chi connectivity index (χ1) is 18.7. The predicted octanol–water partition coefficient (Wildman–Crippen LogP) is 4.07. The van der Waals surface area contributed by atoms with E-state index < -0.39 is 0 Å². The molecule has 1 amide bonds. The number of nitrogens with one attached hydrogen (secondary N) is 2. The quantitative estimate of drug-likeness (QED) is 0.222. The summed E-state index contributed by atoms with van der Waals surface area (Å²) in [6.07, 6.45) is 2.74. The lowest BCUT2D eigenvalue weighted by molar-refractivity contribution is -0.111. The number of ketones is 1. The summed E-state index contributed by atoms with van der Waals surface area (Å²) in [5.41, 5.74) is 3.59. The predicted molar refractivity (Wildman–Crippen MR) is 155 cm³/mol. The van der Waals surface area contributed by atoms with Gasteiger partial charge in [-0.25, -0.2) is 9.97 Å². The molecular weight excluding hydrogens is 494 g/mol. The number of anilines is 4. The molecule has 0 aliphatic heterocycles. The first kappa shape index (κ1) is 27.3. The van der Waals surface area contributed by atoms with Crippen molar-refractivity contribution >= 4 is 45.6 Å². The number of para-hydroxylation sites is 1. The van der Waals surface area contributed by atoms with Crippen LogP contribution in [0.3, 0.4) is 0 Å². The lowest BCUT2D eigenvalue weighted by Gasteiger charge is -2.26. The zero-order valence-electron chi connectivity index (χ0n) is 22.9. The fourth-order valence-corrected chi connectivity index (χ4v) is 4.21. The maximum atomic E-state index is 13.4. The normalized spacial score (nSPS) is 10.9. The molecule has 10 heteroatoms.